The maximum Gasteiger partial charge on any atom is 0.262 e. The number of anilines is 2. The number of benzene rings is 2. The van der Waals surface area contributed by atoms with Crippen LogP contribution in [0.15, 0.2) is 36.4 Å². The van der Waals surface area contributed by atoms with Gasteiger partial charge in [-0.2, -0.15) is 0 Å². The standard InChI is InChI=1S/C14H11ClF2N2O2/c15-9-2-1-3-11(17)14(9)21-7-13(20)19-8-4-5-10(16)12(18)6-8/h1-6H,7,18H2,(H,19,20). The second kappa shape index (κ2) is 6.41. The Hall–Kier alpha value is -2.34. The largest absolute Gasteiger partial charge is 0.479 e. The molecule has 0 bridgehead atoms. The molecule has 0 aromatic heterocycles. The van der Waals surface area contributed by atoms with Crippen molar-refractivity contribution in [3.05, 3.63) is 53.1 Å². The molecule has 0 unspecified atom stereocenters. The van der Waals surface area contributed by atoms with Crippen LogP contribution in [0.3, 0.4) is 0 Å². The van der Waals surface area contributed by atoms with Gasteiger partial charge in [-0.25, -0.2) is 8.78 Å². The molecule has 0 radical (unpaired) electrons. The van der Waals surface area contributed by atoms with Gasteiger partial charge in [0.2, 0.25) is 0 Å². The summed E-state index contributed by atoms with van der Waals surface area (Å²) in [5.74, 6) is -2.00. The maximum absolute atomic E-state index is 13.4. The molecule has 0 fully saturated rings. The van der Waals surface area contributed by atoms with E-state index >= 15 is 0 Å². The molecule has 0 saturated heterocycles. The summed E-state index contributed by atoms with van der Waals surface area (Å²) < 4.78 is 31.4. The van der Waals surface area contributed by atoms with Crippen molar-refractivity contribution in [2.45, 2.75) is 0 Å². The summed E-state index contributed by atoms with van der Waals surface area (Å²) in [4.78, 5) is 11.7. The topological polar surface area (TPSA) is 64.3 Å². The number of nitrogens with two attached hydrogens (primary N) is 1. The minimum atomic E-state index is -0.665. The normalized spacial score (nSPS) is 10.2. The monoisotopic (exact) mass is 312 g/mol. The molecule has 2 aromatic carbocycles. The Labute approximate surface area is 124 Å². The number of carbonyl (C=O) groups excluding carboxylic acids is 1. The number of rotatable bonds is 4. The van der Waals surface area contributed by atoms with Crippen LogP contribution in [0, 0.1) is 11.6 Å². The van der Waals surface area contributed by atoms with E-state index in [0.717, 1.165) is 6.07 Å². The van der Waals surface area contributed by atoms with Crippen LogP contribution in [0.2, 0.25) is 5.02 Å². The van der Waals surface area contributed by atoms with Crippen LogP contribution >= 0.6 is 11.6 Å². The first-order valence-electron chi connectivity index (χ1n) is 5.89. The third-order valence-electron chi connectivity index (χ3n) is 2.55. The molecule has 0 heterocycles. The number of ether oxygens (including phenoxy) is 1. The number of hydrogen-bond donors (Lipinski definition) is 2. The van der Waals surface area contributed by atoms with Gasteiger partial charge in [0.1, 0.15) is 5.82 Å². The average Bonchev–Trinajstić information content (AvgIpc) is 2.42. The Balaban J connectivity index is 1.97. The highest BCUT2D eigenvalue weighted by atomic mass is 35.5. The van der Waals surface area contributed by atoms with Crippen molar-refractivity contribution in [3.63, 3.8) is 0 Å². The van der Waals surface area contributed by atoms with Gasteiger partial charge in [0.05, 0.1) is 10.7 Å². The van der Waals surface area contributed by atoms with Gasteiger partial charge in [0.15, 0.2) is 18.2 Å². The van der Waals surface area contributed by atoms with Crippen LogP contribution in [-0.4, -0.2) is 12.5 Å². The Bertz CT molecular complexity index is 660. The van der Waals surface area contributed by atoms with Crippen LogP contribution in [0.1, 0.15) is 0 Å². The molecule has 110 valence electrons. The van der Waals surface area contributed by atoms with E-state index in [4.69, 9.17) is 22.1 Å². The molecule has 3 N–H and O–H groups in total. The Kier molecular flexibility index (Phi) is 4.59. The summed E-state index contributed by atoms with van der Waals surface area (Å²) >= 11 is 5.76. The summed E-state index contributed by atoms with van der Waals surface area (Å²) in [7, 11) is 0. The van der Waals surface area contributed by atoms with Crippen LogP contribution in [0.5, 0.6) is 5.75 Å². The lowest BCUT2D eigenvalue weighted by Gasteiger charge is -2.10. The smallest absolute Gasteiger partial charge is 0.262 e. The van der Waals surface area contributed by atoms with Crippen LogP contribution in [0.4, 0.5) is 20.2 Å². The molecular formula is C14H11ClF2N2O2. The lowest BCUT2D eigenvalue weighted by atomic mass is 10.2. The third kappa shape index (κ3) is 3.82. The van der Waals surface area contributed by atoms with Crippen molar-refractivity contribution in [3.8, 4) is 5.75 Å². The summed E-state index contributed by atoms with van der Waals surface area (Å²) in [5, 5.41) is 2.51. The molecule has 7 heteroatoms. The van der Waals surface area contributed by atoms with E-state index in [1.54, 1.807) is 0 Å². The highest BCUT2D eigenvalue weighted by Gasteiger charge is 2.11. The predicted octanol–water partition coefficient (Wildman–Crippen LogP) is 3.22. The van der Waals surface area contributed by atoms with Crippen molar-refractivity contribution >= 4 is 28.9 Å². The van der Waals surface area contributed by atoms with Crippen molar-refractivity contribution in [2.75, 3.05) is 17.7 Å². The van der Waals surface area contributed by atoms with Gasteiger partial charge >= 0.3 is 0 Å². The molecule has 0 aliphatic carbocycles. The van der Waals surface area contributed by atoms with Gasteiger partial charge < -0.3 is 15.8 Å². The van der Waals surface area contributed by atoms with E-state index < -0.39 is 24.1 Å². The minimum Gasteiger partial charge on any atom is -0.479 e. The molecule has 21 heavy (non-hydrogen) atoms. The van der Waals surface area contributed by atoms with Crippen molar-refractivity contribution in [1.82, 2.24) is 0 Å². The fourth-order valence-electron chi connectivity index (χ4n) is 1.58. The van der Waals surface area contributed by atoms with E-state index in [1.807, 2.05) is 0 Å². The second-order valence-electron chi connectivity index (χ2n) is 4.12. The SMILES string of the molecule is Nc1cc(NC(=O)COc2c(F)cccc2Cl)ccc1F. The van der Waals surface area contributed by atoms with E-state index in [-0.39, 0.29) is 16.5 Å². The van der Waals surface area contributed by atoms with E-state index in [9.17, 15) is 13.6 Å². The summed E-state index contributed by atoms with van der Waals surface area (Å²) in [5.41, 5.74) is 5.59. The summed E-state index contributed by atoms with van der Waals surface area (Å²) in [6, 6.07) is 7.77. The highest BCUT2D eigenvalue weighted by molar-refractivity contribution is 6.32. The molecule has 0 saturated carbocycles. The number of nitrogen functional groups attached to an aromatic ring is 1. The van der Waals surface area contributed by atoms with Crippen LogP contribution in [-0.2, 0) is 4.79 Å². The quantitative estimate of drug-likeness (QED) is 0.852. The molecule has 1 amide bonds. The van der Waals surface area contributed by atoms with E-state index in [1.165, 1.54) is 30.3 Å². The zero-order valence-corrected chi connectivity index (χ0v) is 11.5. The van der Waals surface area contributed by atoms with Crippen LogP contribution < -0.4 is 15.8 Å². The maximum atomic E-state index is 13.4. The number of hydrogen-bond acceptors (Lipinski definition) is 3. The third-order valence-corrected chi connectivity index (χ3v) is 2.84. The molecule has 0 atom stereocenters. The van der Waals surface area contributed by atoms with Gasteiger partial charge in [0, 0.05) is 5.69 Å². The summed E-state index contributed by atoms with van der Waals surface area (Å²) in [6.45, 7) is -0.446. The van der Waals surface area contributed by atoms with E-state index in [0.29, 0.717) is 5.69 Å². The van der Waals surface area contributed by atoms with Gasteiger partial charge in [-0.3, -0.25) is 4.79 Å². The van der Waals surface area contributed by atoms with Gasteiger partial charge in [-0.1, -0.05) is 17.7 Å². The highest BCUT2D eigenvalue weighted by Crippen LogP contribution is 2.27. The number of nitrogens with one attached hydrogen (secondary N) is 1. The summed E-state index contributed by atoms with van der Waals surface area (Å²) in [6.07, 6.45) is 0. The molecule has 2 aromatic rings. The van der Waals surface area contributed by atoms with Crippen LogP contribution in [0.25, 0.3) is 0 Å². The first kappa shape index (κ1) is 15.1. The zero-order valence-electron chi connectivity index (χ0n) is 10.7. The molecule has 0 spiro atoms. The predicted molar refractivity (Wildman–Crippen MR) is 76.3 cm³/mol. The number of carbonyl (C=O) groups is 1. The number of amides is 1. The Morgan fingerprint density at radius 1 is 1.24 bits per heavy atom. The minimum absolute atomic E-state index is 0.0637. The Morgan fingerprint density at radius 3 is 2.67 bits per heavy atom. The van der Waals surface area contributed by atoms with Crippen molar-refractivity contribution < 1.29 is 18.3 Å². The van der Waals surface area contributed by atoms with Gasteiger partial charge in [-0.05, 0) is 30.3 Å². The number of halogens is 3. The Morgan fingerprint density at radius 2 is 2.00 bits per heavy atom. The fourth-order valence-corrected chi connectivity index (χ4v) is 1.79. The molecular weight excluding hydrogens is 302 g/mol. The van der Waals surface area contributed by atoms with Crippen molar-refractivity contribution in [2.24, 2.45) is 0 Å². The molecule has 0 aliphatic heterocycles. The molecule has 2 rings (SSSR count). The average molecular weight is 313 g/mol. The lowest BCUT2D eigenvalue weighted by Crippen LogP contribution is -2.20. The van der Waals surface area contributed by atoms with E-state index in [2.05, 4.69) is 5.32 Å². The second-order valence-corrected chi connectivity index (χ2v) is 4.53. The van der Waals surface area contributed by atoms with Gasteiger partial charge in [-0.15, -0.1) is 0 Å². The number of para-hydroxylation sites is 1. The molecule has 4 nitrogen and oxygen atoms in total. The molecule has 0 aliphatic rings. The fraction of sp³-hybridized carbons (Fsp3) is 0.0714. The first-order chi connectivity index (χ1) is 9.97. The van der Waals surface area contributed by atoms with Gasteiger partial charge in [0.25, 0.3) is 5.91 Å². The first-order valence-corrected chi connectivity index (χ1v) is 6.27. The van der Waals surface area contributed by atoms with Crippen molar-refractivity contribution in [1.29, 1.82) is 0 Å². The zero-order chi connectivity index (χ0) is 15.4. The lowest BCUT2D eigenvalue weighted by molar-refractivity contribution is -0.118.